The van der Waals surface area contributed by atoms with Crippen LogP contribution in [0.5, 0.6) is 5.75 Å². The maximum atomic E-state index is 12.0. The lowest BCUT2D eigenvalue weighted by atomic mass is 10.1. The highest BCUT2D eigenvalue weighted by Crippen LogP contribution is 2.39. The molecule has 2 aliphatic heterocycles. The average Bonchev–Trinajstić information content (AvgIpc) is 3.06. The number of carbonyl (C=O) groups excluding carboxylic acids is 1. The predicted octanol–water partition coefficient (Wildman–Crippen LogP) is 1.16. The summed E-state index contributed by atoms with van der Waals surface area (Å²) < 4.78 is 29.4. The summed E-state index contributed by atoms with van der Waals surface area (Å²) in [6, 6.07) is 7.13. The van der Waals surface area contributed by atoms with Gasteiger partial charge in [-0.1, -0.05) is 30.0 Å². The molecule has 10 heteroatoms. The fourth-order valence-corrected chi connectivity index (χ4v) is 7.18. The maximum absolute atomic E-state index is 12.0. The van der Waals surface area contributed by atoms with E-state index in [1.54, 1.807) is 7.11 Å². The number of carboxylic acid groups (broad SMARTS) is 1. The first-order chi connectivity index (χ1) is 12.8. The number of fused-ring (bicyclic) bond motifs is 1. The van der Waals surface area contributed by atoms with E-state index in [1.807, 2.05) is 29.2 Å². The van der Waals surface area contributed by atoms with Crippen LogP contribution in [0.4, 0.5) is 0 Å². The number of hydrogen-bond acceptors (Lipinski definition) is 6. The number of amides is 1. The Kier molecular flexibility index (Phi) is 5.75. The number of carboxylic acids is 1. The van der Waals surface area contributed by atoms with Gasteiger partial charge in [0.15, 0.2) is 15.0 Å². The van der Waals surface area contributed by atoms with Crippen LogP contribution in [0, 0.1) is 0 Å². The Morgan fingerprint density at radius 2 is 2.04 bits per heavy atom. The van der Waals surface area contributed by atoms with Crippen LogP contribution in [0.15, 0.2) is 29.3 Å². The molecule has 0 bridgehead atoms. The largest absolute Gasteiger partial charge is 0.496 e. The van der Waals surface area contributed by atoms with Crippen molar-refractivity contribution >= 4 is 38.6 Å². The second-order valence-corrected chi connectivity index (χ2v) is 9.78. The number of thioether (sulfide) groups is 1. The van der Waals surface area contributed by atoms with Crippen molar-refractivity contribution in [3.05, 3.63) is 29.8 Å². The molecule has 0 saturated carbocycles. The third-order valence-corrected chi connectivity index (χ3v) is 7.73. The number of nitrogens with zero attached hydrogens (tertiary/aromatic N) is 2. The highest BCUT2D eigenvalue weighted by Gasteiger charge is 2.48. The van der Waals surface area contributed by atoms with Gasteiger partial charge < -0.3 is 14.7 Å². The van der Waals surface area contributed by atoms with Gasteiger partial charge in [-0.25, -0.2) is 8.42 Å². The molecular formula is C17H20N2O6S2. The molecule has 2 unspecified atom stereocenters. The van der Waals surface area contributed by atoms with Gasteiger partial charge in [0.05, 0.1) is 31.1 Å². The summed E-state index contributed by atoms with van der Waals surface area (Å²) in [7, 11) is -1.57. The normalized spacial score (nSPS) is 24.8. The van der Waals surface area contributed by atoms with Crippen molar-refractivity contribution in [3.63, 3.8) is 0 Å². The molecule has 1 amide bonds. The Morgan fingerprint density at radius 1 is 1.30 bits per heavy atom. The van der Waals surface area contributed by atoms with E-state index in [-0.39, 0.29) is 35.6 Å². The zero-order valence-electron chi connectivity index (χ0n) is 14.7. The fraction of sp³-hybridized carbons (Fsp3) is 0.471. The van der Waals surface area contributed by atoms with Crippen molar-refractivity contribution in [3.8, 4) is 5.75 Å². The smallest absolute Gasteiger partial charge is 0.303 e. The van der Waals surface area contributed by atoms with E-state index >= 15 is 0 Å². The number of aliphatic carboxylic acids is 1. The van der Waals surface area contributed by atoms with Crippen molar-refractivity contribution in [1.29, 1.82) is 0 Å². The van der Waals surface area contributed by atoms with E-state index in [0.29, 0.717) is 17.5 Å². The first-order valence-corrected chi connectivity index (χ1v) is 11.1. The summed E-state index contributed by atoms with van der Waals surface area (Å²) in [5.74, 6) is -0.845. The highest BCUT2D eigenvalue weighted by atomic mass is 32.2. The molecule has 0 aromatic heterocycles. The summed E-state index contributed by atoms with van der Waals surface area (Å²) in [5, 5.41) is 8.98. The Morgan fingerprint density at radius 3 is 2.74 bits per heavy atom. The Balaban J connectivity index is 1.86. The molecule has 1 aromatic rings. The zero-order chi connectivity index (χ0) is 19.6. The van der Waals surface area contributed by atoms with E-state index in [2.05, 4.69) is 4.99 Å². The van der Waals surface area contributed by atoms with E-state index < -0.39 is 21.7 Å². The number of amidine groups is 1. The first-order valence-electron chi connectivity index (χ1n) is 8.38. The minimum atomic E-state index is -3.13. The quantitative estimate of drug-likeness (QED) is 0.740. The third-order valence-electron chi connectivity index (χ3n) is 4.48. The van der Waals surface area contributed by atoms with Crippen LogP contribution < -0.4 is 4.74 Å². The van der Waals surface area contributed by atoms with E-state index in [0.717, 1.165) is 5.56 Å². The molecule has 2 saturated heterocycles. The maximum Gasteiger partial charge on any atom is 0.303 e. The molecule has 2 heterocycles. The molecule has 0 spiro atoms. The van der Waals surface area contributed by atoms with Gasteiger partial charge in [0.1, 0.15) is 5.75 Å². The van der Waals surface area contributed by atoms with E-state index in [1.165, 1.54) is 11.8 Å². The Hall–Kier alpha value is -2.07. The summed E-state index contributed by atoms with van der Waals surface area (Å²) >= 11 is 1.27. The SMILES string of the molecule is COc1ccccc1CN1C(=NC(=O)CCC(=O)O)SC2CS(=O)(=O)CC21. The van der Waals surface area contributed by atoms with Crippen LogP contribution in [0.25, 0.3) is 0 Å². The van der Waals surface area contributed by atoms with E-state index in [4.69, 9.17) is 9.84 Å². The van der Waals surface area contributed by atoms with Gasteiger partial charge in [-0.2, -0.15) is 4.99 Å². The fourth-order valence-electron chi connectivity index (χ4n) is 3.21. The zero-order valence-corrected chi connectivity index (χ0v) is 16.3. The summed E-state index contributed by atoms with van der Waals surface area (Å²) in [4.78, 5) is 28.6. The number of rotatable bonds is 6. The number of aliphatic imine (C=N–C) groups is 1. The topological polar surface area (TPSA) is 113 Å². The van der Waals surface area contributed by atoms with Crippen molar-refractivity contribution in [2.24, 2.45) is 4.99 Å². The minimum Gasteiger partial charge on any atom is -0.496 e. The molecule has 1 aromatic carbocycles. The van der Waals surface area contributed by atoms with Crippen molar-refractivity contribution in [2.45, 2.75) is 30.7 Å². The standard InChI is InChI=1S/C17H20N2O6S2/c1-25-13-5-3-2-4-11(13)8-19-12-9-27(23,24)10-14(12)26-17(19)18-15(20)6-7-16(21)22/h2-5,12,14H,6-10H2,1H3,(H,21,22). The Bertz CT molecular complexity index is 883. The molecule has 0 radical (unpaired) electrons. The second-order valence-electron chi connectivity index (χ2n) is 6.42. The molecule has 2 fully saturated rings. The number of hydrogen-bond donors (Lipinski definition) is 1. The summed E-state index contributed by atoms with van der Waals surface area (Å²) in [6.07, 6.45) is -0.469. The van der Waals surface area contributed by atoms with Crippen LogP contribution >= 0.6 is 11.8 Å². The minimum absolute atomic E-state index is 0.0160. The molecule has 0 aliphatic carbocycles. The van der Waals surface area contributed by atoms with Gasteiger partial charge in [-0.05, 0) is 6.07 Å². The van der Waals surface area contributed by atoms with Crippen LogP contribution in [-0.4, -0.2) is 65.4 Å². The van der Waals surface area contributed by atoms with Gasteiger partial charge in [-0.3, -0.25) is 9.59 Å². The monoisotopic (exact) mass is 412 g/mol. The molecule has 2 atom stereocenters. The summed E-state index contributed by atoms with van der Waals surface area (Å²) in [5.41, 5.74) is 0.858. The lowest BCUT2D eigenvalue weighted by Crippen LogP contribution is -2.37. The molecule has 27 heavy (non-hydrogen) atoms. The van der Waals surface area contributed by atoms with Crippen molar-refractivity contribution in [1.82, 2.24) is 4.90 Å². The van der Waals surface area contributed by atoms with Crippen LogP contribution in [-0.2, 0) is 26.0 Å². The average molecular weight is 412 g/mol. The van der Waals surface area contributed by atoms with Crippen LogP contribution in [0.1, 0.15) is 18.4 Å². The van der Waals surface area contributed by atoms with Gasteiger partial charge in [0.25, 0.3) is 0 Å². The number of sulfone groups is 1. The van der Waals surface area contributed by atoms with Gasteiger partial charge >= 0.3 is 5.97 Å². The van der Waals surface area contributed by atoms with Gasteiger partial charge in [-0.15, -0.1) is 0 Å². The summed E-state index contributed by atoms with van der Waals surface area (Å²) in [6.45, 7) is 0.360. The Labute approximate surface area is 161 Å². The van der Waals surface area contributed by atoms with Crippen LogP contribution in [0.3, 0.4) is 0 Å². The highest BCUT2D eigenvalue weighted by molar-refractivity contribution is 8.15. The lowest BCUT2D eigenvalue weighted by Gasteiger charge is -2.25. The van der Waals surface area contributed by atoms with E-state index in [9.17, 15) is 18.0 Å². The molecule has 146 valence electrons. The molecule has 8 nitrogen and oxygen atoms in total. The van der Waals surface area contributed by atoms with Crippen molar-refractivity contribution < 1.29 is 27.9 Å². The lowest BCUT2D eigenvalue weighted by molar-refractivity contribution is -0.138. The third kappa shape index (κ3) is 4.62. The molecular weight excluding hydrogens is 392 g/mol. The van der Waals surface area contributed by atoms with Crippen molar-refractivity contribution in [2.75, 3.05) is 18.6 Å². The second kappa shape index (κ2) is 7.89. The number of methoxy groups -OCH3 is 1. The number of carbonyl (C=O) groups is 2. The number of ether oxygens (including phenoxy) is 1. The molecule has 3 rings (SSSR count). The molecule has 2 aliphatic rings. The predicted molar refractivity (Wildman–Crippen MR) is 102 cm³/mol. The molecule has 1 N–H and O–H groups in total. The number of benzene rings is 1. The van der Waals surface area contributed by atoms with Gasteiger partial charge in [0, 0.05) is 23.8 Å². The number of para-hydroxylation sites is 1. The first kappa shape index (κ1) is 19.7. The van der Waals surface area contributed by atoms with Gasteiger partial charge in [0.2, 0.25) is 5.91 Å². The van der Waals surface area contributed by atoms with Crippen LogP contribution in [0.2, 0.25) is 0 Å².